The Balaban J connectivity index is 1.85. The Morgan fingerprint density at radius 3 is 2.73 bits per heavy atom. The highest BCUT2D eigenvalue weighted by Gasteiger charge is 2.18. The monoisotopic (exact) mass is 385 g/mol. The van der Waals surface area contributed by atoms with Crippen molar-refractivity contribution in [3.05, 3.63) is 52.2 Å². The van der Waals surface area contributed by atoms with E-state index in [1.165, 1.54) is 0 Å². The van der Waals surface area contributed by atoms with E-state index in [0.717, 1.165) is 38.8 Å². The van der Waals surface area contributed by atoms with E-state index in [4.69, 9.17) is 4.98 Å². The summed E-state index contributed by atoms with van der Waals surface area (Å²) in [5.74, 6) is -0.0196. The van der Waals surface area contributed by atoms with Crippen molar-refractivity contribution in [1.82, 2.24) is 9.88 Å². The average Bonchev–Trinajstić information content (AvgIpc) is 3.26. The van der Waals surface area contributed by atoms with Crippen molar-refractivity contribution in [2.45, 2.75) is 13.3 Å². The summed E-state index contributed by atoms with van der Waals surface area (Å²) in [6, 6.07) is 10.1. The molecule has 3 aromatic rings. The molecule has 6 heteroatoms. The van der Waals surface area contributed by atoms with Crippen molar-refractivity contribution < 1.29 is 4.79 Å². The molecule has 26 heavy (non-hydrogen) atoms. The van der Waals surface area contributed by atoms with Gasteiger partial charge < -0.3 is 4.90 Å². The first-order chi connectivity index (χ1) is 12.5. The smallest absolute Gasteiger partial charge is 0.252 e. The molecule has 0 saturated carbocycles. The highest BCUT2D eigenvalue weighted by atomic mass is 32.1. The van der Waals surface area contributed by atoms with Crippen molar-refractivity contribution in [3.8, 4) is 0 Å². The minimum atomic E-state index is -0.0196. The highest BCUT2D eigenvalue weighted by Crippen LogP contribution is 2.31. The van der Waals surface area contributed by atoms with E-state index < -0.39 is 0 Å². The topological polar surface area (TPSA) is 36.4 Å². The molecule has 0 N–H and O–H groups in total. The second-order valence-corrected chi connectivity index (χ2v) is 8.40. The maximum Gasteiger partial charge on any atom is 0.252 e. The van der Waals surface area contributed by atoms with Crippen LogP contribution in [-0.4, -0.2) is 43.0 Å². The van der Waals surface area contributed by atoms with Crippen LogP contribution in [0, 0.1) is 6.92 Å². The van der Waals surface area contributed by atoms with Gasteiger partial charge in [-0.3, -0.25) is 9.69 Å². The molecule has 2 aromatic heterocycles. The Hall–Kier alpha value is -2.02. The fourth-order valence-corrected chi connectivity index (χ4v) is 4.36. The van der Waals surface area contributed by atoms with Gasteiger partial charge in [0.2, 0.25) is 0 Å². The molecule has 1 aromatic carbocycles. The summed E-state index contributed by atoms with van der Waals surface area (Å²) in [6.45, 7) is 3.65. The Kier molecular flexibility index (Phi) is 6.19. The molecule has 3 rings (SSSR count). The number of fused-ring (bicyclic) bond motifs is 1. The lowest BCUT2D eigenvalue weighted by molar-refractivity contribution is -0.114. The summed E-state index contributed by atoms with van der Waals surface area (Å²) in [5, 5.41) is 2.78. The Morgan fingerprint density at radius 1 is 1.19 bits per heavy atom. The number of nitrogens with zero attached hydrogens (tertiary/aromatic N) is 3. The number of aromatic nitrogens is 1. The third kappa shape index (κ3) is 4.58. The second-order valence-electron chi connectivity index (χ2n) is 6.41. The van der Waals surface area contributed by atoms with Gasteiger partial charge in [-0.25, -0.2) is 4.98 Å². The summed E-state index contributed by atoms with van der Waals surface area (Å²) in [4.78, 5) is 22.6. The predicted octanol–water partition coefficient (Wildman–Crippen LogP) is 4.66. The van der Waals surface area contributed by atoms with E-state index in [1.54, 1.807) is 33.6 Å². The van der Waals surface area contributed by atoms with Crippen molar-refractivity contribution in [3.63, 3.8) is 0 Å². The number of thiophene rings is 1. The van der Waals surface area contributed by atoms with Crippen LogP contribution in [-0.2, 0) is 4.79 Å². The Bertz CT molecular complexity index is 897. The second kappa shape index (κ2) is 8.58. The van der Waals surface area contributed by atoms with Crippen molar-refractivity contribution in [1.29, 1.82) is 0 Å². The Labute approximate surface area is 162 Å². The van der Waals surface area contributed by atoms with Gasteiger partial charge >= 0.3 is 0 Å². The molecule has 0 atom stereocenters. The molecule has 0 radical (unpaired) electrons. The molecule has 1 amide bonds. The number of hydrogen-bond acceptors (Lipinski definition) is 5. The zero-order chi connectivity index (χ0) is 18.5. The number of anilines is 1. The number of rotatable bonds is 7. The van der Waals surface area contributed by atoms with Gasteiger partial charge in [-0.15, -0.1) is 11.3 Å². The number of para-hydroxylation sites is 1. The lowest BCUT2D eigenvalue weighted by Crippen LogP contribution is -2.32. The lowest BCUT2D eigenvalue weighted by Gasteiger charge is -2.19. The average molecular weight is 386 g/mol. The molecule has 4 nitrogen and oxygen atoms in total. The normalized spacial score (nSPS) is 11.7. The number of hydrogen-bond donors (Lipinski definition) is 0. The molecule has 0 unspecified atom stereocenters. The number of thiazole rings is 1. The summed E-state index contributed by atoms with van der Waals surface area (Å²) in [7, 11) is 4.09. The molecule has 0 fully saturated rings. The zero-order valence-electron chi connectivity index (χ0n) is 15.3. The van der Waals surface area contributed by atoms with E-state index in [0.29, 0.717) is 6.54 Å². The van der Waals surface area contributed by atoms with Gasteiger partial charge in [-0.1, -0.05) is 29.5 Å². The summed E-state index contributed by atoms with van der Waals surface area (Å²) in [6.07, 6.45) is 4.44. The quantitative estimate of drug-likeness (QED) is 0.555. The minimum absolute atomic E-state index is 0.0196. The van der Waals surface area contributed by atoms with E-state index >= 15 is 0 Å². The van der Waals surface area contributed by atoms with Crippen LogP contribution in [0.25, 0.3) is 16.3 Å². The van der Waals surface area contributed by atoms with Gasteiger partial charge in [0.15, 0.2) is 5.13 Å². The van der Waals surface area contributed by atoms with Crippen LogP contribution in [0.15, 0.2) is 41.8 Å². The first-order valence-electron chi connectivity index (χ1n) is 8.58. The summed E-state index contributed by atoms with van der Waals surface area (Å²) < 4.78 is 1.12. The molecule has 0 bridgehead atoms. The third-order valence-electron chi connectivity index (χ3n) is 4.03. The molecular formula is C20H23N3OS2. The third-order valence-corrected chi connectivity index (χ3v) is 5.91. The molecular weight excluding hydrogens is 362 g/mol. The highest BCUT2D eigenvalue weighted by molar-refractivity contribution is 7.22. The van der Waals surface area contributed by atoms with Gasteiger partial charge in [0.05, 0.1) is 10.2 Å². The molecule has 2 heterocycles. The largest absolute Gasteiger partial charge is 0.309 e. The maximum atomic E-state index is 12.9. The number of aryl methyl sites for hydroxylation is 1. The lowest BCUT2D eigenvalue weighted by atomic mass is 10.2. The fraction of sp³-hybridized carbons (Fsp3) is 0.300. The van der Waals surface area contributed by atoms with E-state index in [1.807, 2.05) is 43.8 Å². The number of benzene rings is 1. The number of amides is 1. The van der Waals surface area contributed by atoms with Crippen molar-refractivity contribution in [2.24, 2.45) is 0 Å². The van der Waals surface area contributed by atoms with Crippen LogP contribution < -0.4 is 4.90 Å². The molecule has 0 saturated heterocycles. The standard InChI is InChI=1S/C20H23N3OS2/c1-15-7-4-9-17-19(15)21-20(26-17)23(13-6-12-22(2)3)18(24)11-10-16-8-5-14-25-16/h4-5,7-11,14H,6,12-13H2,1-3H3. The van der Waals surface area contributed by atoms with E-state index in [2.05, 4.69) is 24.0 Å². The predicted molar refractivity (Wildman–Crippen MR) is 113 cm³/mol. The number of carbonyl (C=O) groups is 1. The van der Waals surface area contributed by atoms with Crippen molar-refractivity contribution in [2.75, 3.05) is 32.1 Å². The van der Waals surface area contributed by atoms with Crippen LogP contribution >= 0.6 is 22.7 Å². The van der Waals surface area contributed by atoms with E-state index in [-0.39, 0.29) is 5.91 Å². The molecule has 136 valence electrons. The molecule has 0 aliphatic rings. The first kappa shape index (κ1) is 18.8. The van der Waals surface area contributed by atoms with Crippen LogP contribution in [0.4, 0.5) is 5.13 Å². The van der Waals surface area contributed by atoms with Gasteiger partial charge in [0.1, 0.15) is 0 Å². The molecule has 0 aliphatic carbocycles. The summed E-state index contributed by atoms with van der Waals surface area (Å²) in [5.41, 5.74) is 2.12. The molecule has 0 spiro atoms. The fourth-order valence-electron chi connectivity index (χ4n) is 2.66. The van der Waals surface area contributed by atoms with Crippen LogP contribution in [0.2, 0.25) is 0 Å². The van der Waals surface area contributed by atoms with Crippen molar-refractivity contribution >= 4 is 50.0 Å². The van der Waals surface area contributed by atoms with Gasteiger partial charge in [-0.05, 0) is 63.1 Å². The van der Waals surface area contributed by atoms with Gasteiger partial charge in [-0.2, -0.15) is 0 Å². The van der Waals surface area contributed by atoms with Crippen LogP contribution in [0.1, 0.15) is 16.9 Å². The van der Waals surface area contributed by atoms with Crippen LogP contribution in [0.5, 0.6) is 0 Å². The summed E-state index contributed by atoms with van der Waals surface area (Å²) >= 11 is 3.20. The van der Waals surface area contributed by atoms with Gasteiger partial charge in [0, 0.05) is 17.5 Å². The molecule has 0 aliphatic heterocycles. The van der Waals surface area contributed by atoms with E-state index in [9.17, 15) is 4.79 Å². The first-order valence-corrected chi connectivity index (χ1v) is 10.3. The maximum absolute atomic E-state index is 12.9. The number of carbonyl (C=O) groups excluding carboxylic acids is 1. The SMILES string of the molecule is Cc1cccc2sc(N(CCCN(C)C)C(=O)C=Cc3cccs3)nc12. The van der Waals surface area contributed by atoms with Crippen LogP contribution in [0.3, 0.4) is 0 Å². The Morgan fingerprint density at radius 2 is 2.04 bits per heavy atom. The minimum Gasteiger partial charge on any atom is -0.309 e. The van der Waals surface area contributed by atoms with Gasteiger partial charge in [0.25, 0.3) is 5.91 Å². The zero-order valence-corrected chi connectivity index (χ0v) is 16.9.